The fraction of sp³-hybridized carbons (Fsp3) is 1.00. The Morgan fingerprint density at radius 1 is 1.43 bits per heavy atom. The number of nitrogens with one attached hydrogen (secondary N) is 1. The molecular weight excluding hydrogens is 192 g/mol. The first-order valence-electron chi connectivity index (χ1n) is 5.44. The largest absolute Gasteiger partial charge is 0.311 e. The van der Waals surface area contributed by atoms with Crippen molar-refractivity contribution in [2.75, 3.05) is 26.4 Å². The molecule has 2 unspecified atom stereocenters. The predicted molar refractivity (Wildman–Crippen MR) is 66.1 cm³/mol. The summed E-state index contributed by atoms with van der Waals surface area (Å²) in [6.45, 7) is 7.97. The highest BCUT2D eigenvalue weighted by Gasteiger charge is 2.25. The summed E-state index contributed by atoms with van der Waals surface area (Å²) >= 11 is 2.09. The summed E-state index contributed by atoms with van der Waals surface area (Å²) in [6, 6.07) is 0.731. The molecule has 1 saturated heterocycles. The summed E-state index contributed by atoms with van der Waals surface area (Å²) in [6.07, 6.45) is 1.33. The van der Waals surface area contributed by atoms with E-state index in [0.717, 1.165) is 17.8 Å². The van der Waals surface area contributed by atoms with Crippen LogP contribution in [0.3, 0.4) is 0 Å². The Bertz CT molecular complexity index is 180. The zero-order valence-corrected chi connectivity index (χ0v) is 10.9. The highest BCUT2D eigenvalue weighted by atomic mass is 32.2. The van der Waals surface area contributed by atoms with Gasteiger partial charge in [0.25, 0.3) is 0 Å². The molecule has 1 heterocycles. The number of hydrogen-bond acceptors (Lipinski definition) is 3. The Hall–Kier alpha value is 0.270. The lowest BCUT2D eigenvalue weighted by Gasteiger charge is -2.33. The van der Waals surface area contributed by atoms with Gasteiger partial charge >= 0.3 is 0 Å². The third kappa shape index (κ3) is 3.44. The molecule has 0 aromatic carbocycles. The van der Waals surface area contributed by atoms with Crippen molar-refractivity contribution in [3.63, 3.8) is 0 Å². The number of likely N-dealkylation sites (N-methyl/N-ethyl adjacent to an activating group) is 1. The topological polar surface area (TPSA) is 15.3 Å². The molecule has 2 nitrogen and oxygen atoms in total. The van der Waals surface area contributed by atoms with Crippen molar-refractivity contribution < 1.29 is 0 Å². The van der Waals surface area contributed by atoms with Gasteiger partial charge in [0.2, 0.25) is 0 Å². The van der Waals surface area contributed by atoms with Gasteiger partial charge in [-0.05, 0) is 34.4 Å². The van der Waals surface area contributed by atoms with E-state index in [4.69, 9.17) is 0 Å². The van der Waals surface area contributed by atoms with E-state index in [9.17, 15) is 0 Å². The van der Waals surface area contributed by atoms with Crippen molar-refractivity contribution in [2.24, 2.45) is 0 Å². The minimum Gasteiger partial charge on any atom is -0.311 e. The Labute approximate surface area is 92.8 Å². The zero-order valence-electron chi connectivity index (χ0n) is 10.1. The number of rotatable bonds is 4. The molecule has 0 amide bonds. The normalized spacial score (nSPS) is 28.7. The molecule has 2 atom stereocenters. The summed E-state index contributed by atoms with van der Waals surface area (Å²) in [7, 11) is 4.29. The lowest BCUT2D eigenvalue weighted by atomic mass is 10.0. The maximum absolute atomic E-state index is 3.67. The van der Waals surface area contributed by atoms with Crippen LogP contribution in [0.5, 0.6) is 0 Å². The molecule has 1 aliphatic heterocycles. The molecule has 0 saturated carbocycles. The molecule has 1 N–H and O–H groups in total. The van der Waals surface area contributed by atoms with Gasteiger partial charge < -0.3 is 10.2 Å². The van der Waals surface area contributed by atoms with Crippen molar-refractivity contribution in [1.29, 1.82) is 0 Å². The number of nitrogens with zero attached hydrogens (tertiary/aromatic N) is 1. The zero-order chi connectivity index (χ0) is 10.8. The minimum absolute atomic E-state index is 0.260. The monoisotopic (exact) mass is 216 g/mol. The van der Waals surface area contributed by atoms with Crippen LogP contribution in [0.1, 0.15) is 27.2 Å². The maximum atomic E-state index is 3.67. The Balaban J connectivity index is 2.26. The highest BCUT2D eigenvalue weighted by Crippen LogP contribution is 2.26. The highest BCUT2D eigenvalue weighted by molar-refractivity contribution is 8.00. The van der Waals surface area contributed by atoms with Gasteiger partial charge in [-0.25, -0.2) is 0 Å². The van der Waals surface area contributed by atoms with Crippen LogP contribution in [0.4, 0.5) is 0 Å². The molecule has 0 bridgehead atoms. The molecule has 14 heavy (non-hydrogen) atoms. The molecule has 0 aromatic heterocycles. The van der Waals surface area contributed by atoms with Crippen LogP contribution in [0.15, 0.2) is 0 Å². The van der Waals surface area contributed by atoms with Crippen molar-refractivity contribution >= 4 is 11.8 Å². The summed E-state index contributed by atoms with van der Waals surface area (Å²) < 4.78 is 0. The van der Waals surface area contributed by atoms with Crippen LogP contribution in [-0.4, -0.2) is 48.1 Å². The van der Waals surface area contributed by atoms with Crippen LogP contribution >= 0.6 is 11.8 Å². The molecule has 0 aromatic rings. The maximum Gasteiger partial charge on any atom is 0.0271 e. The Kier molecular flexibility index (Phi) is 4.29. The number of hydrogen-bond donors (Lipinski definition) is 1. The van der Waals surface area contributed by atoms with Crippen molar-refractivity contribution in [1.82, 2.24) is 10.2 Å². The van der Waals surface area contributed by atoms with Gasteiger partial charge in [0.15, 0.2) is 0 Å². The molecule has 84 valence electrons. The van der Waals surface area contributed by atoms with E-state index in [-0.39, 0.29) is 5.54 Å². The first kappa shape index (κ1) is 12.3. The molecule has 0 aliphatic carbocycles. The SMILES string of the molecule is CC1CC(NCC(C)(C)N(C)C)CS1. The summed E-state index contributed by atoms with van der Waals surface area (Å²) in [4.78, 5) is 2.28. The van der Waals surface area contributed by atoms with Crippen LogP contribution in [0.2, 0.25) is 0 Å². The van der Waals surface area contributed by atoms with Gasteiger partial charge in [0.05, 0.1) is 0 Å². The second-order valence-corrected chi connectivity index (χ2v) is 6.64. The Morgan fingerprint density at radius 3 is 2.50 bits per heavy atom. The second kappa shape index (κ2) is 4.86. The van der Waals surface area contributed by atoms with Gasteiger partial charge in [-0.3, -0.25) is 0 Å². The van der Waals surface area contributed by atoms with Crippen LogP contribution in [-0.2, 0) is 0 Å². The predicted octanol–water partition coefficient (Wildman–Crippen LogP) is 1.81. The first-order valence-corrected chi connectivity index (χ1v) is 6.49. The van der Waals surface area contributed by atoms with Gasteiger partial charge in [-0.2, -0.15) is 11.8 Å². The fourth-order valence-corrected chi connectivity index (χ4v) is 2.69. The summed E-state index contributed by atoms with van der Waals surface area (Å²) in [5.41, 5.74) is 0.260. The van der Waals surface area contributed by atoms with E-state index in [2.05, 4.69) is 56.8 Å². The number of thioether (sulfide) groups is 1. The van der Waals surface area contributed by atoms with E-state index in [1.165, 1.54) is 12.2 Å². The van der Waals surface area contributed by atoms with E-state index < -0.39 is 0 Å². The van der Waals surface area contributed by atoms with Gasteiger partial charge in [-0.15, -0.1) is 0 Å². The average Bonchev–Trinajstić information content (AvgIpc) is 2.48. The van der Waals surface area contributed by atoms with Crippen LogP contribution < -0.4 is 5.32 Å². The molecular formula is C11H24N2S. The first-order chi connectivity index (χ1) is 6.42. The third-order valence-corrected chi connectivity index (χ3v) is 4.59. The van der Waals surface area contributed by atoms with Gasteiger partial charge in [-0.1, -0.05) is 6.92 Å². The smallest absolute Gasteiger partial charge is 0.0271 e. The quantitative estimate of drug-likeness (QED) is 0.771. The van der Waals surface area contributed by atoms with E-state index in [0.29, 0.717) is 0 Å². The lowest BCUT2D eigenvalue weighted by Crippen LogP contribution is -2.49. The van der Waals surface area contributed by atoms with Gasteiger partial charge in [0.1, 0.15) is 0 Å². The van der Waals surface area contributed by atoms with Crippen molar-refractivity contribution in [2.45, 2.75) is 44.0 Å². The molecule has 1 aliphatic rings. The average molecular weight is 216 g/mol. The summed E-state index contributed by atoms with van der Waals surface area (Å²) in [5, 5.41) is 4.51. The van der Waals surface area contributed by atoms with E-state index >= 15 is 0 Å². The second-order valence-electron chi connectivity index (χ2n) is 5.16. The summed E-state index contributed by atoms with van der Waals surface area (Å²) in [5.74, 6) is 1.28. The molecule has 0 spiro atoms. The van der Waals surface area contributed by atoms with E-state index in [1.807, 2.05) is 0 Å². The Morgan fingerprint density at radius 2 is 2.07 bits per heavy atom. The molecule has 1 fully saturated rings. The minimum atomic E-state index is 0.260. The standard InChI is InChI=1S/C11H24N2S/c1-9-6-10(7-14-9)12-8-11(2,3)13(4)5/h9-10,12H,6-8H2,1-5H3. The molecule has 0 radical (unpaired) electrons. The lowest BCUT2D eigenvalue weighted by molar-refractivity contribution is 0.185. The molecule has 3 heteroatoms. The van der Waals surface area contributed by atoms with Crippen LogP contribution in [0, 0.1) is 0 Å². The van der Waals surface area contributed by atoms with E-state index in [1.54, 1.807) is 0 Å². The van der Waals surface area contributed by atoms with Crippen molar-refractivity contribution in [3.8, 4) is 0 Å². The van der Waals surface area contributed by atoms with Crippen molar-refractivity contribution in [3.05, 3.63) is 0 Å². The van der Waals surface area contributed by atoms with Crippen LogP contribution in [0.25, 0.3) is 0 Å². The third-order valence-electron chi connectivity index (χ3n) is 3.23. The fourth-order valence-electron chi connectivity index (χ4n) is 1.51. The van der Waals surface area contributed by atoms with Gasteiger partial charge in [0, 0.05) is 29.1 Å². The molecule has 1 rings (SSSR count).